The molecule has 0 aliphatic rings. The Bertz CT molecular complexity index is 581. The molecule has 1 heterocycles. The molecule has 19 heavy (non-hydrogen) atoms. The van der Waals surface area contributed by atoms with E-state index in [0.717, 1.165) is 11.1 Å². The highest BCUT2D eigenvalue weighted by Crippen LogP contribution is 2.04. The number of nitrogens with one attached hydrogen (secondary N) is 1. The van der Waals surface area contributed by atoms with Gasteiger partial charge in [-0.15, -0.1) is 0 Å². The maximum atomic E-state index is 11.8. The van der Waals surface area contributed by atoms with Crippen molar-refractivity contribution in [2.45, 2.75) is 6.54 Å². The number of pyridine rings is 1. The second kappa shape index (κ2) is 6.06. The van der Waals surface area contributed by atoms with Gasteiger partial charge in [-0.3, -0.25) is 9.78 Å². The smallest absolute Gasteiger partial charge is 0.270 e. The van der Waals surface area contributed by atoms with Gasteiger partial charge in [0.2, 0.25) is 0 Å². The second-order valence-corrected chi connectivity index (χ2v) is 4.40. The van der Waals surface area contributed by atoms with E-state index in [1.807, 2.05) is 24.3 Å². The topological polar surface area (TPSA) is 68.0 Å². The summed E-state index contributed by atoms with van der Waals surface area (Å²) >= 11 is 4.88. The maximum Gasteiger partial charge on any atom is 0.270 e. The van der Waals surface area contributed by atoms with Gasteiger partial charge in [-0.25, -0.2) is 0 Å². The molecule has 4 nitrogen and oxygen atoms in total. The Hall–Kier alpha value is -2.27. The van der Waals surface area contributed by atoms with Crippen LogP contribution in [0.1, 0.15) is 21.6 Å². The Morgan fingerprint density at radius 3 is 2.53 bits per heavy atom. The fourth-order valence-electron chi connectivity index (χ4n) is 1.56. The molecule has 0 saturated carbocycles. The number of aromatic nitrogens is 1. The summed E-state index contributed by atoms with van der Waals surface area (Å²) in [5.74, 6) is -0.195. The van der Waals surface area contributed by atoms with Crippen molar-refractivity contribution < 1.29 is 4.79 Å². The van der Waals surface area contributed by atoms with Crippen LogP contribution in [0.5, 0.6) is 0 Å². The first kappa shape index (κ1) is 13.2. The molecule has 0 atom stereocenters. The van der Waals surface area contributed by atoms with Crippen LogP contribution < -0.4 is 11.1 Å². The molecule has 0 aliphatic carbocycles. The third-order valence-corrected chi connectivity index (χ3v) is 2.82. The van der Waals surface area contributed by atoms with Gasteiger partial charge in [-0.05, 0) is 17.7 Å². The summed E-state index contributed by atoms with van der Waals surface area (Å²) in [6.07, 6.45) is 1.59. The van der Waals surface area contributed by atoms with Crippen molar-refractivity contribution in [2.24, 2.45) is 5.73 Å². The molecule has 0 spiro atoms. The van der Waals surface area contributed by atoms with Crippen molar-refractivity contribution in [3.8, 4) is 0 Å². The molecule has 2 aromatic rings. The van der Waals surface area contributed by atoms with Crippen molar-refractivity contribution in [3.63, 3.8) is 0 Å². The largest absolute Gasteiger partial charge is 0.389 e. The summed E-state index contributed by atoms with van der Waals surface area (Å²) < 4.78 is 0. The van der Waals surface area contributed by atoms with Gasteiger partial charge in [0.1, 0.15) is 10.7 Å². The molecule has 0 unspecified atom stereocenters. The number of thiocarbonyl (C=S) groups is 1. The minimum absolute atomic E-state index is 0.195. The lowest BCUT2D eigenvalue weighted by Crippen LogP contribution is -2.23. The van der Waals surface area contributed by atoms with Gasteiger partial charge in [-0.2, -0.15) is 0 Å². The third kappa shape index (κ3) is 3.59. The van der Waals surface area contributed by atoms with Gasteiger partial charge in [0, 0.05) is 18.3 Å². The SMILES string of the molecule is NC(=S)c1ccc(CNC(=O)c2ccccn2)cc1. The molecule has 0 fully saturated rings. The first-order valence-corrected chi connectivity index (χ1v) is 6.15. The Balaban J connectivity index is 1.95. The molecule has 5 heteroatoms. The summed E-state index contributed by atoms with van der Waals surface area (Å²) in [5, 5.41) is 2.80. The van der Waals surface area contributed by atoms with Gasteiger partial charge in [0.25, 0.3) is 5.91 Å². The number of nitrogens with two attached hydrogens (primary N) is 1. The average molecular weight is 271 g/mol. The highest BCUT2D eigenvalue weighted by molar-refractivity contribution is 7.80. The van der Waals surface area contributed by atoms with Crippen LogP contribution >= 0.6 is 12.2 Å². The first-order valence-electron chi connectivity index (χ1n) is 5.75. The number of benzene rings is 1. The van der Waals surface area contributed by atoms with Gasteiger partial charge < -0.3 is 11.1 Å². The van der Waals surface area contributed by atoms with Crippen molar-refractivity contribution in [3.05, 3.63) is 65.5 Å². The zero-order valence-corrected chi connectivity index (χ0v) is 11.0. The van der Waals surface area contributed by atoms with E-state index in [4.69, 9.17) is 18.0 Å². The molecule has 0 bridgehead atoms. The van der Waals surface area contributed by atoms with Gasteiger partial charge in [0.05, 0.1) is 0 Å². The molecule has 1 aromatic heterocycles. The summed E-state index contributed by atoms with van der Waals surface area (Å²) in [7, 11) is 0. The van der Waals surface area contributed by atoms with Crippen LogP contribution in [0.25, 0.3) is 0 Å². The molecule has 3 N–H and O–H groups in total. The van der Waals surface area contributed by atoms with Crippen LogP contribution in [0.2, 0.25) is 0 Å². The minimum Gasteiger partial charge on any atom is -0.389 e. The Morgan fingerprint density at radius 2 is 1.95 bits per heavy atom. The highest BCUT2D eigenvalue weighted by Gasteiger charge is 2.05. The Labute approximate surface area is 116 Å². The van der Waals surface area contributed by atoms with E-state index in [0.29, 0.717) is 17.2 Å². The average Bonchev–Trinajstić information content (AvgIpc) is 2.46. The fraction of sp³-hybridized carbons (Fsp3) is 0.0714. The minimum atomic E-state index is -0.195. The number of hydrogen-bond donors (Lipinski definition) is 2. The molecule has 1 aromatic carbocycles. The van der Waals surface area contributed by atoms with Crippen molar-refractivity contribution in [1.82, 2.24) is 10.3 Å². The zero-order valence-electron chi connectivity index (χ0n) is 10.2. The van der Waals surface area contributed by atoms with Crippen molar-refractivity contribution in [2.75, 3.05) is 0 Å². The molecule has 1 amide bonds. The van der Waals surface area contributed by atoms with Gasteiger partial charge >= 0.3 is 0 Å². The molecular formula is C14H13N3OS. The molecule has 2 rings (SSSR count). The normalized spacial score (nSPS) is 9.89. The van der Waals surface area contributed by atoms with Crippen LogP contribution in [-0.4, -0.2) is 15.9 Å². The molecule has 0 aliphatic heterocycles. The standard InChI is InChI=1S/C14H13N3OS/c15-13(19)11-6-4-10(5-7-11)9-17-14(18)12-3-1-2-8-16-12/h1-8H,9H2,(H2,15,19)(H,17,18). The number of hydrogen-bond acceptors (Lipinski definition) is 3. The van der Waals surface area contributed by atoms with Crippen LogP contribution in [0.3, 0.4) is 0 Å². The first-order chi connectivity index (χ1) is 9.16. The zero-order chi connectivity index (χ0) is 13.7. The van der Waals surface area contributed by atoms with E-state index in [1.54, 1.807) is 24.4 Å². The molecule has 0 saturated heterocycles. The van der Waals surface area contributed by atoms with E-state index >= 15 is 0 Å². The third-order valence-electron chi connectivity index (χ3n) is 2.59. The van der Waals surface area contributed by atoms with E-state index in [9.17, 15) is 4.79 Å². The molecular weight excluding hydrogens is 258 g/mol. The summed E-state index contributed by atoms with van der Waals surface area (Å²) in [6.45, 7) is 0.438. The maximum absolute atomic E-state index is 11.8. The van der Waals surface area contributed by atoms with Crippen molar-refractivity contribution >= 4 is 23.1 Å². The number of nitrogens with zero attached hydrogens (tertiary/aromatic N) is 1. The highest BCUT2D eigenvalue weighted by atomic mass is 32.1. The molecule has 0 radical (unpaired) electrons. The Morgan fingerprint density at radius 1 is 1.21 bits per heavy atom. The monoisotopic (exact) mass is 271 g/mol. The second-order valence-electron chi connectivity index (χ2n) is 3.96. The number of carbonyl (C=O) groups is 1. The predicted molar refractivity (Wildman–Crippen MR) is 77.7 cm³/mol. The summed E-state index contributed by atoms with van der Waals surface area (Å²) in [6, 6.07) is 12.7. The molecule has 96 valence electrons. The van der Waals surface area contributed by atoms with E-state index in [-0.39, 0.29) is 5.91 Å². The number of rotatable bonds is 4. The van der Waals surface area contributed by atoms with Crippen LogP contribution in [0, 0.1) is 0 Å². The van der Waals surface area contributed by atoms with Gasteiger partial charge in [-0.1, -0.05) is 42.5 Å². The lowest BCUT2D eigenvalue weighted by atomic mass is 10.1. The Kier molecular flexibility index (Phi) is 4.20. The lowest BCUT2D eigenvalue weighted by Gasteiger charge is -2.05. The predicted octanol–water partition coefficient (Wildman–Crippen LogP) is 1.65. The van der Waals surface area contributed by atoms with Gasteiger partial charge in [0.15, 0.2) is 0 Å². The lowest BCUT2D eigenvalue weighted by molar-refractivity contribution is 0.0946. The van der Waals surface area contributed by atoms with E-state index < -0.39 is 0 Å². The van der Waals surface area contributed by atoms with Crippen LogP contribution in [0.4, 0.5) is 0 Å². The quantitative estimate of drug-likeness (QED) is 0.830. The number of carbonyl (C=O) groups excluding carboxylic acids is 1. The van der Waals surface area contributed by atoms with Crippen molar-refractivity contribution in [1.29, 1.82) is 0 Å². The summed E-state index contributed by atoms with van der Waals surface area (Å²) in [5.41, 5.74) is 7.71. The fourth-order valence-corrected chi connectivity index (χ4v) is 1.69. The van der Waals surface area contributed by atoms with E-state index in [1.165, 1.54) is 0 Å². The van der Waals surface area contributed by atoms with Crippen LogP contribution in [0.15, 0.2) is 48.7 Å². The van der Waals surface area contributed by atoms with Crippen LogP contribution in [-0.2, 0) is 6.54 Å². The summed E-state index contributed by atoms with van der Waals surface area (Å²) in [4.78, 5) is 16.1. The van der Waals surface area contributed by atoms with E-state index in [2.05, 4.69) is 10.3 Å². The number of amides is 1.